The van der Waals surface area contributed by atoms with Crippen LogP contribution in [0.4, 0.5) is 0 Å². The zero-order valence-electron chi connectivity index (χ0n) is 12.8. The number of hydrogen-bond acceptors (Lipinski definition) is 4. The largest absolute Gasteiger partial charge is 0.332 e. The van der Waals surface area contributed by atoms with Crippen LogP contribution in [0.15, 0.2) is 24.3 Å². The van der Waals surface area contributed by atoms with Crippen LogP contribution in [0.5, 0.6) is 0 Å². The van der Waals surface area contributed by atoms with E-state index in [4.69, 9.17) is 0 Å². The number of aromatic nitrogens is 1. The number of piperazine rings is 1. The Hall–Kier alpha value is -1.95. The van der Waals surface area contributed by atoms with Crippen molar-refractivity contribution >= 4 is 33.4 Å². The number of nitrogens with zero attached hydrogens (tertiary/aromatic N) is 3. The number of carbonyl (C=O) groups is 2. The van der Waals surface area contributed by atoms with Gasteiger partial charge in [0.05, 0.1) is 23.3 Å². The molecule has 0 bridgehead atoms. The van der Waals surface area contributed by atoms with Crippen molar-refractivity contribution < 1.29 is 9.59 Å². The highest BCUT2D eigenvalue weighted by molar-refractivity contribution is 7.18. The highest BCUT2D eigenvalue weighted by Gasteiger charge is 2.36. The Morgan fingerprint density at radius 1 is 1.32 bits per heavy atom. The van der Waals surface area contributed by atoms with Crippen LogP contribution in [-0.4, -0.2) is 45.7 Å². The molecule has 1 atom stereocenters. The number of thiazole rings is 1. The molecule has 1 aromatic heterocycles. The highest BCUT2D eigenvalue weighted by Crippen LogP contribution is 2.24. The smallest absolute Gasteiger partial charge is 0.245 e. The molecule has 2 aromatic rings. The number of rotatable bonds is 4. The van der Waals surface area contributed by atoms with Gasteiger partial charge in [0, 0.05) is 6.54 Å². The Labute approximate surface area is 133 Å². The summed E-state index contributed by atoms with van der Waals surface area (Å²) in [4.78, 5) is 32.6. The van der Waals surface area contributed by atoms with Gasteiger partial charge in [-0.25, -0.2) is 4.98 Å². The average molecular weight is 317 g/mol. The lowest BCUT2D eigenvalue weighted by atomic mass is 10.1. The predicted octanol–water partition coefficient (Wildman–Crippen LogP) is 2.27. The van der Waals surface area contributed by atoms with E-state index >= 15 is 0 Å². The predicted molar refractivity (Wildman–Crippen MR) is 86.5 cm³/mol. The van der Waals surface area contributed by atoms with E-state index < -0.39 is 6.04 Å². The van der Waals surface area contributed by atoms with Gasteiger partial charge in [-0.1, -0.05) is 19.1 Å². The first-order valence-electron chi connectivity index (χ1n) is 7.53. The zero-order valence-corrected chi connectivity index (χ0v) is 13.6. The van der Waals surface area contributed by atoms with E-state index in [1.54, 1.807) is 28.1 Å². The number of para-hydroxylation sites is 1. The van der Waals surface area contributed by atoms with Crippen molar-refractivity contribution in [3.05, 3.63) is 29.3 Å². The maximum Gasteiger partial charge on any atom is 0.245 e. The van der Waals surface area contributed by atoms with E-state index in [-0.39, 0.29) is 18.4 Å². The molecule has 1 aromatic carbocycles. The lowest BCUT2D eigenvalue weighted by Crippen LogP contribution is -2.58. The van der Waals surface area contributed by atoms with Crippen molar-refractivity contribution in [2.24, 2.45) is 0 Å². The molecule has 1 fully saturated rings. The van der Waals surface area contributed by atoms with E-state index in [0.29, 0.717) is 13.1 Å². The Balaban J connectivity index is 1.79. The first kappa shape index (κ1) is 15.0. The summed E-state index contributed by atoms with van der Waals surface area (Å²) in [6.07, 6.45) is 0.865. The third-order valence-electron chi connectivity index (χ3n) is 3.92. The van der Waals surface area contributed by atoms with Crippen LogP contribution in [0.3, 0.4) is 0 Å². The third-order valence-corrected chi connectivity index (χ3v) is 4.94. The molecule has 1 aliphatic rings. The quantitative estimate of drug-likeness (QED) is 0.869. The minimum atomic E-state index is -0.417. The Bertz CT molecular complexity index is 679. The average Bonchev–Trinajstić information content (AvgIpc) is 2.92. The van der Waals surface area contributed by atoms with E-state index in [2.05, 4.69) is 4.98 Å². The molecule has 6 heteroatoms. The minimum absolute atomic E-state index is 0.000180. The molecule has 2 heterocycles. The number of benzene rings is 1. The molecule has 1 aliphatic heterocycles. The molecular formula is C16H19N3O2S. The van der Waals surface area contributed by atoms with Gasteiger partial charge < -0.3 is 9.80 Å². The molecule has 0 aliphatic carbocycles. The van der Waals surface area contributed by atoms with Crippen LogP contribution in [0.1, 0.15) is 25.3 Å². The summed E-state index contributed by atoms with van der Waals surface area (Å²) in [6.45, 7) is 5.04. The van der Waals surface area contributed by atoms with Crippen molar-refractivity contribution in [1.82, 2.24) is 14.8 Å². The molecule has 0 spiro atoms. The lowest BCUT2D eigenvalue weighted by Gasteiger charge is -2.38. The van der Waals surface area contributed by atoms with Crippen molar-refractivity contribution in [3.63, 3.8) is 0 Å². The van der Waals surface area contributed by atoms with E-state index in [1.165, 1.54) is 0 Å². The summed E-state index contributed by atoms with van der Waals surface area (Å²) in [5, 5.41) is 0.873. The molecule has 3 rings (SSSR count). The van der Waals surface area contributed by atoms with E-state index in [1.807, 2.05) is 31.2 Å². The van der Waals surface area contributed by atoms with E-state index in [9.17, 15) is 9.59 Å². The zero-order chi connectivity index (χ0) is 15.7. The SMILES string of the molecule is CCCN1CC(=O)N(Cc2nc3ccccc3s2)[C@H](C)C1=O. The first-order valence-corrected chi connectivity index (χ1v) is 8.34. The van der Waals surface area contributed by atoms with Crippen LogP contribution in [0, 0.1) is 0 Å². The molecule has 116 valence electrons. The standard InChI is InChI=1S/C16H19N3O2S/c1-3-8-18-10-15(20)19(11(2)16(18)21)9-14-17-12-6-4-5-7-13(12)22-14/h4-7,11H,3,8-10H2,1-2H3/t11-/m1/s1. The second kappa shape index (κ2) is 6.04. The summed E-state index contributed by atoms with van der Waals surface area (Å²) >= 11 is 1.58. The summed E-state index contributed by atoms with van der Waals surface area (Å²) in [7, 11) is 0. The molecule has 5 nitrogen and oxygen atoms in total. The summed E-state index contributed by atoms with van der Waals surface area (Å²) in [6, 6.07) is 7.49. The molecular weight excluding hydrogens is 298 g/mol. The van der Waals surface area contributed by atoms with Crippen molar-refractivity contribution in [2.75, 3.05) is 13.1 Å². The second-order valence-corrected chi connectivity index (χ2v) is 6.65. The summed E-state index contributed by atoms with van der Waals surface area (Å²) in [5.74, 6) is 0.0300. The summed E-state index contributed by atoms with van der Waals surface area (Å²) < 4.78 is 1.11. The molecule has 0 unspecified atom stereocenters. The fourth-order valence-electron chi connectivity index (χ4n) is 2.76. The fraction of sp³-hybridized carbons (Fsp3) is 0.438. The maximum absolute atomic E-state index is 12.4. The van der Waals surface area contributed by atoms with Gasteiger partial charge in [0.25, 0.3) is 0 Å². The monoisotopic (exact) mass is 317 g/mol. The van der Waals surface area contributed by atoms with Crippen LogP contribution >= 0.6 is 11.3 Å². The highest BCUT2D eigenvalue weighted by atomic mass is 32.1. The van der Waals surface area contributed by atoms with Gasteiger partial charge in [-0.05, 0) is 25.5 Å². The molecule has 0 radical (unpaired) electrons. The van der Waals surface area contributed by atoms with Gasteiger partial charge in [-0.15, -0.1) is 11.3 Å². The molecule has 2 amide bonds. The van der Waals surface area contributed by atoms with Crippen LogP contribution in [0.2, 0.25) is 0 Å². The summed E-state index contributed by atoms with van der Waals surface area (Å²) in [5.41, 5.74) is 0.943. The van der Waals surface area contributed by atoms with Crippen LogP contribution in [-0.2, 0) is 16.1 Å². The van der Waals surface area contributed by atoms with Crippen molar-refractivity contribution in [3.8, 4) is 0 Å². The molecule has 22 heavy (non-hydrogen) atoms. The second-order valence-electron chi connectivity index (χ2n) is 5.53. The normalized spacial score (nSPS) is 19.3. The Morgan fingerprint density at radius 2 is 2.09 bits per heavy atom. The minimum Gasteiger partial charge on any atom is -0.332 e. The molecule has 0 N–H and O–H groups in total. The van der Waals surface area contributed by atoms with E-state index in [0.717, 1.165) is 21.6 Å². The Kier molecular flexibility index (Phi) is 4.11. The number of carbonyl (C=O) groups excluding carboxylic acids is 2. The van der Waals surface area contributed by atoms with Gasteiger partial charge in [-0.3, -0.25) is 9.59 Å². The molecule has 0 saturated carbocycles. The van der Waals surface area contributed by atoms with Crippen LogP contribution in [0.25, 0.3) is 10.2 Å². The molecule has 1 saturated heterocycles. The van der Waals surface area contributed by atoms with Gasteiger partial charge in [-0.2, -0.15) is 0 Å². The van der Waals surface area contributed by atoms with Gasteiger partial charge in [0.2, 0.25) is 11.8 Å². The van der Waals surface area contributed by atoms with Crippen molar-refractivity contribution in [2.45, 2.75) is 32.9 Å². The van der Waals surface area contributed by atoms with Crippen LogP contribution < -0.4 is 0 Å². The number of fused-ring (bicyclic) bond motifs is 1. The lowest BCUT2D eigenvalue weighted by molar-refractivity contribution is -0.155. The van der Waals surface area contributed by atoms with Gasteiger partial charge >= 0.3 is 0 Å². The van der Waals surface area contributed by atoms with Gasteiger partial charge in [0.15, 0.2) is 0 Å². The third kappa shape index (κ3) is 2.70. The Morgan fingerprint density at radius 3 is 2.82 bits per heavy atom. The maximum atomic E-state index is 12.4. The number of amides is 2. The first-order chi connectivity index (χ1) is 10.6. The fourth-order valence-corrected chi connectivity index (χ4v) is 3.73. The topological polar surface area (TPSA) is 53.5 Å². The van der Waals surface area contributed by atoms with Gasteiger partial charge in [0.1, 0.15) is 11.0 Å². The number of hydrogen-bond donors (Lipinski definition) is 0. The van der Waals surface area contributed by atoms with Crippen molar-refractivity contribution in [1.29, 1.82) is 0 Å².